The van der Waals surface area contributed by atoms with E-state index in [-0.39, 0.29) is 102 Å². The molecule has 0 radical (unpaired) electrons. The number of nitrogens with two attached hydrogens (primary N) is 7. The molecule has 12 atom stereocenters. The average molecular weight is 1420 g/mol. The number of hydrogen-bond acceptors (Lipinski definition) is 19. The summed E-state index contributed by atoms with van der Waals surface area (Å²) in [4.78, 5) is 167. The summed E-state index contributed by atoms with van der Waals surface area (Å²) in [6.07, 6.45) is 6.79. The molecule has 0 fully saturated rings. The normalized spacial score (nSPS) is 15.0. The molecule has 0 saturated heterocycles. The van der Waals surface area contributed by atoms with Gasteiger partial charge >= 0.3 is 5.97 Å². The van der Waals surface area contributed by atoms with Crippen LogP contribution in [0.25, 0.3) is 0 Å². The number of nitrogens with one attached hydrogen (secondary N) is 11. The van der Waals surface area contributed by atoms with Crippen LogP contribution >= 0.6 is 0 Å². The lowest BCUT2D eigenvalue weighted by Crippen LogP contribution is -2.60. The molecule has 1 aromatic rings. The molecule has 0 spiro atoms. The number of rotatable bonds is 55. The van der Waals surface area contributed by atoms with E-state index in [1.54, 1.807) is 30.3 Å². The third-order valence-electron chi connectivity index (χ3n) is 16.6. The SMILES string of the molecule is CC(C)C[C@H](NC(=O)[C@H](CCCCN)NC(=O)[C@H](CCCCN)NC(=O)[C@H](CC(C)C)NC(=O)[C@H](CC(C)C)NC(=O)[C@H](CCCCN)NC(=O)[C@H](CCCCN)NC(=O)[C@H](C)NC(=O)[C@H](C)NC(=O)[C@H](CCCCN)NC(=O)[C@@H](N)CCCCN)C(=O)N[C@@H](Cc1ccccc1)C(=O)O. The van der Waals surface area contributed by atoms with Gasteiger partial charge in [-0.25, -0.2) is 4.79 Å². The van der Waals surface area contributed by atoms with Crippen molar-refractivity contribution >= 4 is 70.9 Å². The van der Waals surface area contributed by atoms with Gasteiger partial charge in [0.25, 0.3) is 0 Å². The second-order valence-corrected chi connectivity index (χ2v) is 27.2. The van der Waals surface area contributed by atoms with Gasteiger partial charge in [0.05, 0.1) is 6.04 Å². The average Bonchev–Trinajstić information content (AvgIpc) is 0.868. The number of unbranched alkanes of at least 4 members (excludes halogenated alkanes) is 6. The predicted molar refractivity (Wildman–Crippen MR) is 384 cm³/mol. The number of benzene rings is 1. The number of hydrogen-bond donors (Lipinski definition) is 19. The summed E-state index contributed by atoms with van der Waals surface area (Å²) in [6.45, 7) is 15.6. The lowest BCUT2D eigenvalue weighted by atomic mass is 9.98. The number of amides is 11. The van der Waals surface area contributed by atoms with Crippen molar-refractivity contribution < 1.29 is 62.6 Å². The van der Waals surface area contributed by atoms with Crippen LogP contribution in [0.3, 0.4) is 0 Å². The van der Waals surface area contributed by atoms with Crippen LogP contribution in [0.1, 0.15) is 196 Å². The summed E-state index contributed by atoms with van der Waals surface area (Å²) >= 11 is 0. The fraction of sp³-hybridized carbons (Fsp3) is 0.739. The minimum Gasteiger partial charge on any atom is -0.480 e. The Bertz CT molecular complexity index is 2640. The van der Waals surface area contributed by atoms with Crippen LogP contribution in [0.2, 0.25) is 0 Å². The van der Waals surface area contributed by atoms with E-state index in [4.69, 9.17) is 40.1 Å². The highest BCUT2D eigenvalue weighted by molar-refractivity contribution is 5.99. The van der Waals surface area contributed by atoms with Crippen molar-refractivity contribution in [2.75, 3.05) is 39.3 Å². The predicted octanol–water partition coefficient (Wildman–Crippen LogP) is -1.07. The first-order chi connectivity index (χ1) is 47.5. The molecule has 26 N–H and O–H groups in total. The van der Waals surface area contributed by atoms with E-state index < -0.39 is 143 Å². The highest BCUT2D eigenvalue weighted by Gasteiger charge is 2.37. The van der Waals surface area contributed by atoms with Gasteiger partial charge in [-0.3, -0.25) is 52.7 Å². The van der Waals surface area contributed by atoms with Crippen LogP contribution in [0.4, 0.5) is 0 Å². The highest BCUT2D eigenvalue weighted by Crippen LogP contribution is 2.16. The van der Waals surface area contributed by atoms with Crippen molar-refractivity contribution in [3.8, 4) is 0 Å². The van der Waals surface area contributed by atoms with Crippen molar-refractivity contribution in [2.45, 2.75) is 269 Å². The van der Waals surface area contributed by atoms with Gasteiger partial charge in [0.15, 0.2) is 0 Å². The van der Waals surface area contributed by atoms with Crippen LogP contribution in [-0.4, -0.2) is 188 Å². The van der Waals surface area contributed by atoms with Crippen molar-refractivity contribution in [3.05, 3.63) is 35.9 Å². The summed E-state index contributed by atoms with van der Waals surface area (Å²) in [5.74, 6) is -9.74. The Balaban J connectivity index is 3.51. The number of aliphatic carboxylic acids is 1. The van der Waals surface area contributed by atoms with Gasteiger partial charge in [0.2, 0.25) is 65.0 Å². The van der Waals surface area contributed by atoms with E-state index in [1.165, 1.54) is 13.8 Å². The molecule has 1 aromatic carbocycles. The van der Waals surface area contributed by atoms with E-state index in [9.17, 15) is 62.6 Å². The summed E-state index contributed by atoms with van der Waals surface area (Å²) in [7, 11) is 0. The smallest absolute Gasteiger partial charge is 0.326 e. The van der Waals surface area contributed by atoms with Crippen LogP contribution < -0.4 is 98.6 Å². The fourth-order valence-corrected chi connectivity index (χ4v) is 10.9. The van der Waals surface area contributed by atoms with E-state index in [2.05, 4.69) is 58.5 Å². The summed E-state index contributed by atoms with van der Waals surface area (Å²) < 4.78 is 0. The summed E-state index contributed by atoms with van der Waals surface area (Å²) in [5.41, 5.74) is 41.4. The summed E-state index contributed by atoms with van der Waals surface area (Å²) in [5, 5.41) is 39.9. The first kappa shape index (κ1) is 90.6. The molecule has 570 valence electrons. The van der Waals surface area contributed by atoms with Gasteiger partial charge in [0, 0.05) is 6.42 Å². The standard InChI is InChI=1S/C69H126N18O13/c1-42(2)38-54(66(96)83-51(29-15-21-35-73)63(93)82-53(31-17-23-37-75)65(95)85-56(40-44(5)6)68(98)87-57(69(99)100)41-47-24-10-9-11-25-47)86-67(97)55(39-43(3)4)84-64(94)52(30-16-22-36-74)81-62(92)50(28-14-20-34-72)79-59(89)46(8)77-58(88)45(7)78-61(91)49(27-13-19-33-71)80-60(90)48(76)26-12-18-32-70/h9-11,24-25,42-46,48-57H,12-23,26-41,70-76H2,1-8H3,(H,77,88)(H,78,91)(H,79,89)(H,80,90)(H,81,92)(H,82,93)(H,83,96)(H,84,94)(H,85,95)(H,86,97)(H,87,98)(H,99,100)/t45-,46-,48-,49-,50-,51-,52-,53-,54-,55-,56-,57-/m0/s1. The van der Waals surface area contributed by atoms with Gasteiger partial charge in [-0.2, -0.15) is 0 Å². The maximum Gasteiger partial charge on any atom is 0.326 e. The number of carbonyl (C=O) groups excluding carboxylic acids is 11. The molecule has 0 saturated carbocycles. The van der Waals surface area contributed by atoms with Crippen LogP contribution in [0.15, 0.2) is 30.3 Å². The maximum absolute atomic E-state index is 14.6. The quantitative estimate of drug-likeness (QED) is 0.0345. The zero-order valence-corrected chi connectivity index (χ0v) is 60.7. The highest BCUT2D eigenvalue weighted by atomic mass is 16.4. The van der Waals surface area contributed by atoms with Crippen molar-refractivity contribution in [3.63, 3.8) is 0 Å². The molecule has 31 heteroatoms. The second kappa shape index (κ2) is 51.7. The van der Waals surface area contributed by atoms with Crippen LogP contribution in [0.5, 0.6) is 0 Å². The Kier molecular flexibility index (Phi) is 46.8. The Hall–Kier alpha value is -7.42. The third kappa shape index (κ3) is 37.8. The zero-order chi connectivity index (χ0) is 75.3. The van der Waals surface area contributed by atoms with E-state index in [0.717, 1.165) is 0 Å². The van der Waals surface area contributed by atoms with Crippen LogP contribution in [-0.2, 0) is 64.0 Å². The molecule has 0 aliphatic carbocycles. The Morgan fingerprint density at radius 1 is 0.300 bits per heavy atom. The molecule has 11 amide bonds. The molecule has 0 aromatic heterocycles. The number of carboxylic acid groups (broad SMARTS) is 1. The zero-order valence-electron chi connectivity index (χ0n) is 60.7. The molecular formula is C69H126N18O13. The first-order valence-electron chi connectivity index (χ1n) is 36.0. The minimum atomic E-state index is -1.32. The lowest BCUT2D eigenvalue weighted by Gasteiger charge is -2.29. The molecule has 100 heavy (non-hydrogen) atoms. The van der Waals surface area contributed by atoms with E-state index in [1.807, 2.05) is 41.5 Å². The topological polar surface area (TPSA) is 540 Å². The van der Waals surface area contributed by atoms with E-state index in [0.29, 0.717) is 102 Å². The Labute approximate surface area is 592 Å². The Morgan fingerprint density at radius 3 is 0.820 bits per heavy atom. The fourth-order valence-electron chi connectivity index (χ4n) is 10.9. The molecule has 1 rings (SSSR count). The van der Waals surface area contributed by atoms with Gasteiger partial charge in [-0.1, -0.05) is 78.3 Å². The van der Waals surface area contributed by atoms with Gasteiger partial charge in [-0.05, 0) is 205 Å². The van der Waals surface area contributed by atoms with Crippen molar-refractivity contribution in [1.29, 1.82) is 0 Å². The number of carbonyl (C=O) groups is 12. The first-order valence-corrected chi connectivity index (χ1v) is 36.0. The molecule has 0 bridgehead atoms. The van der Waals surface area contributed by atoms with Crippen molar-refractivity contribution in [1.82, 2.24) is 58.5 Å². The van der Waals surface area contributed by atoms with Gasteiger partial charge in [0.1, 0.15) is 66.5 Å². The number of carboxylic acids is 1. The van der Waals surface area contributed by atoms with Gasteiger partial charge in [-0.15, -0.1) is 0 Å². The monoisotopic (exact) mass is 1410 g/mol. The van der Waals surface area contributed by atoms with E-state index >= 15 is 0 Å². The molecule has 0 unspecified atom stereocenters. The largest absolute Gasteiger partial charge is 0.480 e. The Morgan fingerprint density at radius 2 is 0.530 bits per heavy atom. The third-order valence-corrected chi connectivity index (χ3v) is 16.6. The van der Waals surface area contributed by atoms with Crippen LogP contribution in [0, 0.1) is 17.8 Å². The molecule has 0 aliphatic heterocycles. The maximum atomic E-state index is 14.6. The molecule has 0 aliphatic rings. The van der Waals surface area contributed by atoms with Crippen molar-refractivity contribution in [2.24, 2.45) is 57.9 Å². The molecule has 0 heterocycles. The molecular weight excluding hydrogens is 1290 g/mol. The minimum absolute atomic E-state index is 0.0180. The second-order valence-electron chi connectivity index (χ2n) is 27.2. The lowest BCUT2D eigenvalue weighted by molar-refractivity contribution is -0.142. The van der Waals surface area contributed by atoms with Gasteiger partial charge < -0.3 is 104 Å². The molecule has 31 nitrogen and oxygen atoms in total. The summed E-state index contributed by atoms with van der Waals surface area (Å²) in [6, 6.07) is -5.72.